The van der Waals surface area contributed by atoms with Crippen LogP contribution >= 0.6 is 0 Å². The summed E-state index contributed by atoms with van der Waals surface area (Å²) in [7, 11) is 0. The van der Waals surface area contributed by atoms with Crippen molar-refractivity contribution in [3.8, 4) is 6.07 Å². The van der Waals surface area contributed by atoms with Crippen LogP contribution in [0.2, 0.25) is 0 Å². The number of aliphatic hydroxyl groups is 1. The lowest BCUT2D eigenvalue weighted by Gasteiger charge is -2.58. The predicted molar refractivity (Wildman–Crippen MR) is 91.8 cm³/mol. The lowest BCUT2D eigenvalue weighted by atomic mass is 9.46. The van der Waals surface area contributed by atoms with Crippen LogP contribution < -0.4 is 0 Å². The van der Waals surface area contributed by atoms with E-state index in [0.29, 0.717) is 30.0 Å². The molecule has 3 nitrogen and oxygen atoms in total. The molecule has 7 atom stereocenters. The zero-order chi connectivity index (χ0) is 17.3. The fourth-order valence-corrected chi connectivity index (χ4v) is 7.14. The van der Waals surface area contributed by atoms with Crippen LogP contribution in [0, 0.1) is 45.8 Å². The Morgan fingerprint density at radius 1 is 1.21 bits per heavy atom. The van der Waals surface area contributed by atoms with E-state index in [2.05, 4.69) is 26.8 Å². The lowest BCUT2D eigenvalue weighted by Crippen LogP contribution is -2.55. The summed E-state index contributed by atoms with van der Waals surface area (Å²) >= 11 is 0. The molecule has 0 aromatic carbocycles. The van der Waals surface area contributed by atoms with Gasteiger partial charge in [0.05, 0.1) is 6.07 Å². The molecule has 0 heterocycles. The van der Waals surface area contributed by atoms with E-state index in [1.807, 2.05) is 6.08 Å². The monoisotopic (exact) mass is 327 g/mol. The van der Waals surface area contributed by atoms with E-state index in [1.54, 1.807) is 0 Å². The Labute approximate surface area is 145 Å². The first-order valence-corrected chi connectivity index (χ1v) is 9.64. The molecule has 3 heteroatoms. The third kappa shape index (κ3) is 1.79. The second-order valence-electron chi connectivity index (χ2n) is 9.44. The standard InChI is InChI=1S/C21H29NO2/c1-13-10-18-16-5-4-14-11-15(23)6-8-19(14,2)17(16)7-9-20(18,3)21(13,24)12-22/h11,13,16-18,24H,4-10H2,1-3H3/t13-,16?,17?,18?,19+,20+,21-/m1/s1. The lowest BCUT2D eigenvalue weighted by molar-refractivity contribution is -0.120. The number of carbonyl (C=O) groups excluding carboxylic acids is 1. The third-order valence-corrected chi connectivity index (χ3v) is 8.71. The highest BCUT2D eigenvalue weighted by molar-refractivity contribution is 5.91. The quantitative estimate of drug-likeness (QED) is 0.684. The Morgan fingerprint density at radius 2 is 1.96 bits per heavy atom. The van der Waals surface area contributed by atoms with Crippen molar-refractivity contribution >= 4 is 5.78 Å². The van der Waals surface area contributed by atoms with E-state index < -0.39 is 5.60 Å². The molecular weight excluding hydrogens is 298 g/mol. The minimum absolute atomic E-state index is 0.0499. The first-order chi connectivity index (χ1) is 11.3. The summed E-state index contributed by atoms with van der Waals surface area (Å²) in [5.41, 5.74) is 0.0895. The summed E-state index contributed by atoms with van der Waals surface area (Å²) < 4.78 is 0. The largest absolute Gasteiger partial charge is 0.375 e. The summed E-state index contributed by atoms with van der Waals surface area (Å²) in [5.74, 6) is 1.98. The molecule has 0 spiro atoms. The molecule has 0 bridgehead atoms. The number of allylic oxidation sites excluding steroid dienone is 1. The van der Waals surface area contributed by atoms with Gasteiger partial charge in [0.25, 0.3) is 0 Å². The molecule has 1 N–H and O–H groups in total. The van der Waals surface area contributed by atoms with E-state index in [4.69, 9.17) is 0 Å². The Morgan fingerprint density at radius 3 is 2.67 bits per heavy atom. The van der Waals surface area contributed by atoms with Crippen molar-refractivity contribution in [2.75, 3.05) is 0 Å². The molecule has 0 aromatic rings. The van der Waals surface area contributed by atoms with Gasteiger partial charge < -0.3 is 5.11 Å². The number of ketones is 1. The van der Waals surface area contributed by atoms with Gasteiger partial charge >= 0.3 is 0 Å². The van der Waals surface area contributed by atoms with E-state index in [-0.39, 0.29) is 16.7 Å². The van der Waals surface area contributed by atoms with Crippen LogP contribution in [-0.4, -0.2) is 16.5 Å². The Hall–Kier alpha value is -1.14. The van der Waals surface area contributed by atoms with E-state index in [1.165, 1.54) is 5.57 Å². The Kier molecular flexibility index (Phi) is 3.37. The highest BCUT2D eigenvalue weighted by Crippen LogP contribution is 2.68. The van der Waals surface area contributed by atoms with E-state index in [9.17, 15) is 15.2 Å². The average molecular weight is 327 g/mol. The number of rotatable bonds is 0. The normalized spacial score (nSPS) is 53.5. The molecule has 24 heavy (non-hydrogen) atoms. The third-order valence-electron chi connectivity index (χ3n) is 8.71. The molecule has 3 saturated carbocycles. The van der Waals surface area contributed by atoms with Crippen molar-refractivity contribution in [3.63, 3.8) is 0 Å². The molecule has 0 aliphatic heterocycles. The smallest absolute Gasteiger partial charge is 0.159 e. The number of fused-ring (bicyclic) bond motifs is 5. The van der Waals surface area contributed by atoms with Crippen LogP contribution in [-0.2, 0) is 4.79 Å². The minimum atomic E-state index is -1.18. The van der Waals surface area contributed by atoms with Crippen LogP contribution in [0.5, 0.6) is 0 Å². The van der Waals surface area contributed by atoms with Gasteiger partial charge in [-0.1, -0.05) is 26.3 Å². The molecule has 4 rings (SSSR count). The van der Waals surface area contributed by atoms with Crippen molar-refractivity contribution in [3.05, 3.63) is 11.6 Å². The molecular formula is C21H29NO2. The van der Waals surface area contributed by atoms with Gasteiger partial charge in [0, 0.05) is 11.8 Å². The van der Waals surface area contributed by atoms with Crippen LogP contribution in [0.1, 0.15) is 65.7 Å². The summed E-state index contributed by atoms with van der Waals surface area (Å²) in [6.07, 6.45) is 8.74. The molecule has 0 aromatic heterocycles. The molecule has 3 fully saturated rings. The SMILES string of the molecule is C[C@@H]1CC2C3CCC4=CC(=O)CC[C@]4(C)C3CC[C@]2(C)[C@@]1(O)C#N. The summed E-state index contributed by atoms with van der Waals surface area (Å²) in [6, 6.07) is 2.30. The zero-order valence-corrected chi connectivity index (χ0v) is 15.1. The molecule has 0 amide bonds. The van der Waals surface area contributed by atoms with E-state index >= 15 is 0 Å². The van der Waals surface area contributed by atoms with Crippen LogP contribution in [0.15, 0.2) is 11.6 Å². The van der Waals surface area contributed by atoms with E-state index in [0.717, 1.165) is 38.5 Å². The fraction of sp³-hybridized carbons (Fsp3) is 0.810. The molecule has 3 unspecified atom stereocenters. The van der Waals surface area contributed by atoms with Crippen LogP contribution in [0.4, 0.5) is 0 Å². The maximum atomic E-state index is 11.9. The summed E-state index contributed by atoms with van der Waals surface area (Å²) in [4.78, 5) is 11.9. The minimum Gasteiger partial charge on any atom is -0.375 e. The predicted octanol–water partition coefficient (Wildman–Crippen LogP) is 4.02. The maximum Gasteiger partial charge on any atom is 0.159 e. The zero-order valence-electron chi connectivity index (χ0n) is 15.1. The number of hydrogen-bond donors (Lipinski definition) is 1. The van der Waals surface area contributed by atoms with Crippen LogP contribution in [0.3, 0.4) is 0 Å². The number of nitrogens with zero attached hydrogens (tertiary/aromatic N) is 1. The molecule has 4 aliphatic carbocycles. The Balaban J connectivity index is 1.72. The number of carbonyl (C=O) groups is 1. The fourth-order valence-electron chi connectivity index (χ4n) is 7.14. The molecule has 130 valence electrons. The van der Waals surface area contributed by atoms with Gasteiger partial charge in [-0.2, -0.15) is 5.26 Å². The van der Waals surface area contributed by atoms with Gasteiger partial charge in [0.2, 0.25) is 0 Å². The van der Waals surface area contributed by atoms with Gasteiger partial charge in [-0.3, -0.25) is 4.79 Å². The van der Waals surface area contributed by atoms with Gasteiger partial charge in [-0.15, -0.1) is 0 Å². The van der Waals surface area contributed by atoms with Crippen LogP contribution in [0.25, 0.3) is 0 Å². The first-order valence-electron chi connectivity index (χ1n) is 9.64. The maximum absolute atomic E-state index is 11.9. The van der Waals surface area contributed by atoms with Gasteiger partial charge in [0.15, 0.2) is 11.4 Å². The van der Waals surface area contributed by atoms with Crippen molar-refractivity contribution < 1.29 is 9.90 Å². The molecule has 4 aliphatic rings. The van der Waals surface area contributed by atoms with Gasteiger partial charge in [0.1, 0.15) is 0 Å². The van der Waals surface area contributed by atoms with Gasteiger partial charge in [-0.25, -0.2) is 0 Å². The summed E-state index contributed by atoms with van der Waals surface area (Å²) in [5, 5.41) is 20.8. The first kappa shape index (κ1) is 16.3. The topological polar surface area (TPSA) is 61.1 Å². The molecule has 0 saturated heterocycles. The van der Waals surface area contributed by atoms with Crippen molar-refractivity contribution in [2.24, 2.45) is 34.5 Å². The second kappa shape index (κ2) is 4.94. The van der Waals surface area contributed by atoms with Gasteiger partial charge in [-0.05, 0) is 73.7 Å². The highest BCUT2D eigenvalue weighted by Gasteiger charge is 2.66. The number of hydrogen-bond acceptors (Lipinski definition) is 3. The number of nitriles is 1. The average Bonchev–Trinajstić information content (AvgIpc) is 2.76. The summed E-state index contributed by atoms with van der Waals surface area (Å²) in [6.45, 7) is 6.59. The Bertz CT molecular complexity index is 661. The van der Waals surface area contributed by atoms with Crippen molar-refractivity contribution in [2.45, 2.75) is 71.3 Å². The molecule has 0 radical (unpaired) electrons. The second-order valence-corrected chi connectivity index (χ2v) is 9.44. The highest BCUT2D eigenvalue weighted by atomic mass is 16.3. The van der Waals surface area contributed by atoms with Crippen molar-refractivity contribution in [1.29, 1.82) is 5.26 Å². The van der Waals surface area contributed by atoms with Crippen molar-refractivity contribution in [1.82, 2.24) is 0 Å².